The summed E-state index contributed by atoms with van der Waals surface area (Å²) in [5, 5.41) is 8.29. The molecule has 0 aliphatic heterocycles. The van der Waals surface area contributed by atoms with Crippen molar-refractivity contribution in [2.75, 3.05) is 5.32 Å². The predicted octanol–water partition coefficient (Wildman–Crippen LogP) is 3.38. The molecule has 0 bridgehead atoms. The highest BCUT2D eigenvalue weighted by Gasteiger charge is 2.10. The number of amides is 1. The molecule has 2 aromatic heterocycles. The Labute approximate surface area is 142 Å². The summed E-state index contributed by atoms with van der Waals surface area (Å²) in [5.74, 6) is 0.880. The van der Waals surface area contributed by atoms with E-state index < -0.39 is 0 Å². The lowest BCUT2D eigenvalue weighted by Crippen LogP contribution is -2.12. The van der Waals surface area contributed by atoms with Crippen LogP contribution < -0.4 is 10.1 Å². The van der Waals surface area contributed by atoms with E-state index in [9.17, 15) is 4.79 Å². The maximum Gasteiger partial charge on any atom is 0.264 e. The van der Waals surface area contributed by atoms with Gasteiger partial charge in [0.25, 0.3) is 11.8 Å². The van der Waals surface area contributed by atoms with E-state index in [0.29, 0.717) is 22.9 Å². The van der Waals surface area contributed by atoms with Gasteiger partial charge < -0.3 is 19.6 Å². The normalized spacial score (nSPS) is 10.7. The third-order valence-corrected chi connectivity index (χ3v) is 3.73. The molecular weight excluding hydrogens is 320 g/mol. The van der Waals surface area contributed by atoms with Crippen LogP contribution in [0, 0.1) is 0 Å². The van der Waals surface area contributed by atoms with Gasteiger partial charge in [-0.2, -0.15) is 4.98 Å². The van der Waals surface area contributed by atoms with Crippen molar-refractivity contribution >= 4 is 22.4 Å². The van der Waals surface area contributed by atoms with E-state index in [1.54, 1.807) is 30.3 Å². The third-order valence-electron chi connectivity index (χ3n) is 3.73. The van der Waals surface area contributed by atoms with Gasteiger partial charge in [-0.25, -0.2) is 0 Å². The molecule has 4 rings (SSSR count). The van der Waals surface area contributed by atoms with E-state index in [2.05, 4.69) is 20.4 Å². The Bertz CT molecular complexity index is 991. The molecule has 124 valence electrons. The molecule has 7 heteroatoms. The van der Waals surface area contributed by atoms with Crippen molar-refractivity contribution < 1.29 is 14.1 Å². The van der Waals surface area contributed by atoms with Crippen LogP contribution >= 0.6 is 0 Å². The van der Waals surface area contributed by atoms with Crippen molar-refractivity contribution in [3.63, 3.8) is 0 Å². The summed E-state index contributed by atoms with van der Waals surface area (Å²) in [5.41, 5.74) is 1.30. The molecule has 0 fully saturated rings. The van der Waals surface area contributed by atoms with Gasteiger partial charge >= 0.3 is 0 Å². The number of hydrogen-bond donors (Lipinski definition) is 2. The van der Waals surface area contributed by atoms with E-state index in [1.165, 1.54) is 6.33 Å². The number of carbonyl (C=O) groups excluding carboxylic acids is 1. The van der Waals surface area contributed by atoms with Crippen LogP contribution in [0.4, 0.5) is 5.69 Å². The molecule has 7 nitrogen and oxygen atoms in total. The van der Waals surface area contributed by atoms with Gasteiger partial charge in [0.2, 0.25) is 0 Å². The Morgan fingerprint density at radius 2 is 2.04 bits per heavy atom. The average molecular weight is 334 g/mol. The topological polar surface area (TPSA) is 93.0 Å². The molecule has 0 unspecified atom stereocenters. The van der Waals surface area contributed by atoms with Crippen molar-refractivity contribution in [1.82, 2.24) is 15.1 Å². The lowest BCUT2D eigenvalue weighted by atomic mass is 10.1. The minimum Gasteiger partial charge on any atom is -0.484 e. The first-order valence-corrected chi connectivity index (χ1v) is 7.65. The van der Waals surface area contributed by atoms with Gasteiger partial charge in [-0.3, -0.25) is 4.79 Å². The maximum absolute atomic E-state index is 12.5. The van der Waals surface area contributed by atoms with Crippen LogP contribution in [0.15, 0.2) is 65.7 Å². The lowest BCUT2D eigenvalue weighted by Gasteiger charge is -2.08. The summed E-state index contributed by atoms with van der Waals surface area (Å²) < 4.78 is 10.4. The number of carbonyl (C=O) groups is 1. The summed E-state index contributed by atoms with van der Waals surface area (Å²) in [7, 11) is 0. The van der Waals surface area contributed by atoms with Crippen LogP contribution in [0.3, 0.4) is 0 Å². The minimum absolute atomic E-state index is 0.162. The zero-order valence-electron chi connectivity index (χ0n) is 13.1. The number of nitrogens with zero attached hydrogens (tertiary/aromatic N) is 2. The predicted molar refractivity (Wildman–Crippen MR) is 91.3 cm³/mol. The van der Waals surface area contributed by atoms with E-state index >= 15 is 0 Å². The van der Waals surface area contributed by atoms with Gasteiger partial charge in [-0.1, -0.05) is 17.3 Å². The number of hydrogen-bond acceptors (Lipinski definition) is 5. The Morgan fingerprint density at radius 1 is 1.16 bits per heavy atom. The highest BCUT2D eigenvalue weighted by molar-refractivity contribution is 6.12. The number of fused-ring (bicyclic) bond motifs is 1. The fraction of sp³-hybridized carbons (Fsp3) is 0.0556. The summed E-state index contributed by atoms with van der Waals surface area (Å²) in [6, 6.07) is 12.7. The number of benzene rings is 2. The maximum atomic E-state index is 12.5. The first-order valence-electron chi connectivity index (χ1n) is 7.65. The number of aromatic nitrogens is 3. The second-order valence-electron chi connectivity index (χ2n) is 5.37. The smallest absolute Gasteiger partial charge is 0.264 e. The molecular formula is C18H14N4O3. The molecule has 2 N–H and O–H groups in total. The monoisotopic (exact) mass is 334 g/mol. The average Bonchev–Trinajstić information content (AvgIpc) is 3.32. The number of nitrogens with one attached hydrogen (secondary N) is 2. The lowest BCUT2D eigenvalue weighted by molar-refractivity contribution is 0.102. The van der Waals surface area contributed by atoms with Crippen LogP contribution in [-0.4, -0.2) is 21.0 Å². The number of anilines is 1. The fourth-order valence-corrected chi connectivity index (χ4v) is 2.52. The molecule has 2 aromatic carbocycles. The van der Waals surface area contributed by atoms with Gasteiger partial charge in [-0.05, 0) is 35.7 Å². The van der Waals surface area contributed by atoms with E-state index in [1.807, 2.05) is 24.5 Å². The second-order valence-corrected chi connectivity index (χ2v) is 5.37. The molecule has 0 spiro atoms. The molecule has 0 saturated heterocycles. The standard InChI is InChI=1S/C18H14N4O3/c23-18(15-3-1-2-12-8-19-9-16(12)15)22-13-4-6-14(7-5-13)24-10-17-20-11-21-25-17/h1-9,11,19H,10H2,(H,22,23). The van der Waals surface area contributed by atoms with Gasteiger partial charge in [0.15, 0.2) is 12.9 Å². The van der Waals surface area contributed by atoms with Gasteiger partial charge in [-0.15, -0.1) is 0 Å². The van der Waals surface area contributed by atoms with E-state index in [0.717, 1.165) is 10.8 Å². The van der Waals surface area contributed by atoms with Crippen LogP contribution in [0.5, 0.6) is 5.75 Å². The summed E-state index contributed by atoms with van der Waals surface area (Å²) in [6.45, 7) is 0.196. The van der Waals surface area contributed by atoms with Crippen LogP contribution in [-0.2, 0) is 6.61 Å². The molecule has 0 atom stereocenters. The number of aromatic amines is 1. The molecule has 1 amide bonds. The number of H-pyrrole nitrogens is 1. The highest BCUT2D eigenvalue weighted by Crippen LogP contribution is 2.21. The first-order chi connectivity index (χ1) is 12.3. The molecule has 0 saturated carbocycles. The van der Waals surface area contributed by atoms with Crippen molar-refractivity contribution in [3.8, 4) is 5.75 Å². The van der Waals surface area contributed by atoms with Crippen LogP contribution in [0.25, 0.3) is 10.8 Å². The van der Waals surface area contributed by atoms with Crippen LogP contribution in [0.2, 0.25) is 0 Å². The summed E-state index contributed by atoms with van der Waals surface area (Å²) in [4.78, 5) is 19.4. The van der Waals surface area contributed by atoms with Crippen molar-refractivity contribution in [1.29, 1.82) is 0 Å². The fourth-order valence-electron chi connectivity index (χ4n) is 2.52. The molecule has 0 aliphatic rings. The highest BCUT2D eigenvalue weighted by atomic mass is 16.5. The quantitative estimate of drug-likeness (QED) is 0.583. The Balaban J connectivity index is 1.44. The zero-order valence-corrected chi connectivity index (χ0v) is 13.1. The van der Waals surface area contributed by atoms with Gasteiger partial charge in [0.05, 0.1) is 0 Å². The summed E-state index contributed by atoms with van der Waals surface area (Å²) >= 11 is 0. The van der Waals surface area contributed by atoms with Crippen molar-refractivity contribution in [3.05, 3.63) is 72.6 Å². The van der Waals surface area contributed by atoms with E-state index in [4.69, 9.17) is 9.26 Å². The zero-order chi connectivity index (χ0) is 17.1. The largest absolute Gasteiger partial charge is 0.484 e. The van der Waals surface area contributed by atoms with Crippen molar-refractivity contribution in [2.45, 2.75) is 6.61 Å². The molecule has 0 radical (unpaired) electrons. The molecule has 4 aromatic rings. The molecule has 2 heterocycles. The SMILES string of the molecule is O=C(Nc1ccc(OCc2ncno2)cc1)c1cccc2c[nH]cc12. The second kappa shape index (κ2) is 6.48. The van der Waals surface area contributed by atoms with Gasteiger partial charge in [0.1, 0.15) is 5.75 Å². The number of ether oxygens (including phenoxy) is 1. The van der Waals surface area contributed by atoms with Crippen LogP contribution in [0.1, 0.15) is 16.2 Å². The minimum atomic E-state index is -0.162. The van der Waals surface area contributed by atoms with E-state index in [-0.39, 0.29) is 12.5 Å². The van der Waals surface area contributed by atoms with Crippen molar-refractivity contribution in [2.24, 2.45) is 0 Å². The van der Waals surface area contributed by atoms with Gasteiger partial charge in [0, 0.05) is 29.0 Å². The Kier molecular flexibility index (Phi) is 3.88. The first kappa shape index (κ1) is 14.9. The Morgan fingerprint density at radius 3 is 2.84 bits per heavy atom. The molecule has 25 heavy (non-hydrogen) atoms. The Hall–Kier alpha value is -3.61. The summed E-state index contributed by atoms with van der Waals surface area (Å²) in [6.07, 6.45) is 5.00. The third kappa shape index (κ3) is 3.20. The molecule has 0 aliphatic carbocycles. The number of rotatable bonds is 5.